The maximum atomic E-state index is 5.40. The number of hydrogen-bond acceptors (Lipinski definition) is 1. The molecule has 0 aliphatic heterocycles. The summed E-state index contributed by atoms with van der Waals surface area (Å²) in [7, 11) is 0.377. The van der Waals surface area contributed by atoms with Gasteiger partial charge < -0.3 is 5.73 Å². The van der Waals surface area contributed by atoms with Gasteiger partial charge in [-0.25, -0.2) is 0 Å². The van der Waals surface area contributed by atoms with E-state index < -0.39 is 0 Å². The van der Waals surface area contributed by atoms with Crippen molar-refractivity contribution in [2.75, 3.05) is 25.0 Å². The molecule has 0 aromatic heterocycles. The van der Waals surface area contributed by atoms with E-state index in [9.17, 15) is 0 Å². The lowest BCUT2D eigenvalue weighted by Gasteiger charge is -2.11. The lowest BCUT2D eigenvalue weighted by molar-refractivity contribution is 0.810. The zero-order chi connectivity index (χ0) is 7.82. The maximum absolute atomic E-state index is 5.40. The smallest absolute Gasteiger partial charge is 0.00772 e. The van der Waals surface area contributed by atoms with E-state index in [-0.39, 0.29) is 0 Å². The molecule has 0 saturated heterocycles. The summed E-state index contributed by atoms with van der Waals surface area (Å²) in [5.74, 6) is 0. The first kappa shape index (κ1) is 10.4. The van der Waals surface area contributed by atoms with Crippen LogP contribution in [0.2, 0.25) is 0 Å². The van der Waals surface area contributed by atoms with Crippen molar-refractivity contribution in [3.63, 3.8) is 0 Å². The van der Waals surface area contributed by atoms with E-state index in [1.807, 2.05) is 0 Å². The van der Waals surface area contributed by atoms with Gasteiger partial charge in [-0.1, -0.05) is 13.8 Å². The molecule has 0 aliphatic rings. The fraction of sp³-hybridized carbons (Fsp3) is 1.00. The van der Waals surface area contributed by atoms with Gasteiger partial charge in [-0.2, -0.15) is 0 Å². The average molecular weight is 161 g/mol. The topological polar surface area (TPSA) is 26.0 Å². The Morgan fingerprint density at radius 3 is 2.10 bits per heavy atom. The Morgan fingerprint density at radius 1 is 1.10 bits per heavy atom. The minimum atomic E-state index is 0.377. The Bertz CT molecular complexity index is 62.3. The van der Waals surface area contributed by atoms with Gasteiger partial charge in [-0.3, -0.25) is 0 Å². The number of hydrogen-bond donors (Lipinski definition) is 1. The van der Waals surface area contributed by atoms with Crippen molar-refractivity contribution in [1.82, 2.24) is 0 Å². The number of nitrogens with two attached hydrogens (primary N) is 1. The Morgan fingerprint density at radius 2 is 1.70 bits per heavy atom. The summed E-state index contributed by atoms with van der Waals surface area (Å²) in [6.45, 7) is 5.48. The third-order valence-electron chi connectivity index (χ3n) is 1.82. The second kappa shape index (κ2) is 7.50. The van der Waals surface area contributed by atoms with Crippen LogP contribution in [0, 0.1) is 0 Å². The van der Waals surface area contributed by atoms with Crippen LogP contribution in [0.3, 0.4) is 0 Å². The summed E-state index contributed by atoms with van der Waals surface area (Å²) in [5.41, 5.74) is 5.40. The summed E-state index contributed by atoms with van der Waals surface area (Å²) >= 11 is 0. The Balaban J connectivity index is 3.09. The van der Waals surface area contributed by atoms with Crippen LogP contribution in [0.25, 0.3) is 0 Å². The molecule has 0 radical (unpaired) electrons. The summed E-state index contributed by atoms with van der Waals surface area (Å²) in [4.78, 5) is 0. The van der Waals surface area contributed by atoms with Crippen molar-refractivity contribution in [3.05, 3.63) is 0 Å². The van der Waals surface area contributed by atoms with Crippen molar-refractivity contribution < 1.29 is 0 Å². The van der Waals surface area contributed by atoms with Gasteiger partial charge in [0.1, 0.15) is 0 Å². The average Bonchev–Trinajstić information content (AvgIpc) is 1.99. The first-order chi connectivity index (χ1) is 4.85. The summed E-state index contributed by atoms with van der Waals surface area (Å²) in [6.07, 6.45) is 6.81. The van der Waals surface area contributed by atoms with Crippen LogP contribution in [0.4, 0.5) is 0 Å². The monoisotopic (exact) mass is 161 g/mol. The van der Waals surface area contributed by atoms with Crippen LogP contribution < -0.4 is 5.73 Å². The van der Waals surface area contributed by atoms with Crippen molar-refractivity contribution in [2.45, 2.75) is 26.7 Å². The maximum Gasteiger partial charge on any atom is -0.00772 e. The molecule has 2 N–H and O–H groups in total. The minimum Gasteiger partial charge on any atom is -0.330 e. The minimum absolute atomic E-state index is 0.377. The molecule has 62 valence electrons. The molecule has 0 saturated carbocycles. The summed E-state index contributed by atoms with van der Waals surface area (Å²) in [6, 6.07) is 0. The molecule has 0 atom stereocenters. The molecule has 0 heterocycles. The first-order valence-electron chi connectivity index (χ1n) is 4.27. The highest BCUT2D eigenvalue weighted by molar-refractivity contribution is 7.57. The van der Waals surface area contributed by atoms with E-state index in [1.165, 1.54) is 31.3 Å². The second-order valence-corrected chi connectivity index (χ2v) is 5.58. The van der Waals surface area contributed by atoms with Gasteiger partial charge >= 0.3 is 0 Å². The van der Waals surface area contributed by atoms with Crippen LogP contribution in [0.5, 0.6) is 0 Å². The Kier molecular flexibility index (Phi) is 7.79. The van der Waals surface area contributed by atoms with E-state index in [2.05, 4.69) is 13.8 Å². The van der Waals surface area contributed by atoms with E-state index in [4.69, 9.17) is 5.73 Å². The summed E-state index contributed by atoms with van der Waals surface area (Å²) in [5, 5.41) is 0. The Hall–Kier alpha value is 0.390. The van der Waals surface area contributed by atoms with Gasteiger partial charge in [0.2, 0.25) is 0 Å². The molecular weight excluding hydrogens is 141 g/mol. The quantitative estimate of drug-likeness (QED) is 0.469. The highest BCUT2D eigenvalue weighted by Crippen LogP contribution is 2.34. The van der Waals surface area contributed by atoms with Crippen LogP contribution in [-0.2, 0) is 0 Å². The molecular formula is C8H20NP. The molecule has 0 aliphatic carbocycles. The fourth-order valence-corrected chi connectivity index (χ4v) is 2.77. The first-order valence-corrected chi connectivity index (χ1v) is 6.17. The lowest BCUT2D eigenvalue weighted by Crippen LogP contribution is -2.00. The molecule has 10 heavy (non-hydrogen) atoms. The Labute approximate surface area is 66.1 Å². The number of unbranched alkanes of at least 4 members (excludes halogenated alkanes) is 1. The predicted octanol–water partition coefficient (Wildman–Crippen LogP) is 2.25. The van der Waals surface area contributed by atoms with Gasteiger partial charge in [-0.15, -0.1) is 7.92 Å². The van der Waals surface area contributed by atoms with Crippen molar-refractivity contribution >= 4 is 7.92 Å². The largest absolute Gasteiger partial charge is 0.330 e. The van der Waals surface area contributed by atoms with Crippen molar-refractivity contribution in [1.29, 1.82) is 0 Å². The molecule has 0 aromatic carbocycles. The van der Waals surface area contributed by atoms with Gasteiger partial charge in [0, 0.05) is 0 Å². The SMILES string of the molecule is CCP(CC)CCCCN. The predicted molar refractivity (Wildman–Crippen MR) is 51.2 cm³/mol. The normalized spacial score (nSPS) is 10.8. The molecule has 0 aromatic rings. The van der Waals surface area contributed by atoms with Crippen LogP contribution in [0.15, 0.2) is 0 Å². The highest BCUT2D eigenvalue weighted by atomic mass is 31.1. The standard InChI is InChI=1S/C8H20NP/c1-3-10(4-2)8-6-5-7-9/h3-9H2,1-2H3. The van der Waals surface area contributed by atoms with E-state index in [0.717, 1.165) is 6.54 Å². The lowest BCUT2D eigenvalue weighted by atomic mass is 10.3. The third kappa shape index (κ3) is 5.20. The molecule has 2 heteroatoms. The zero-order valence-corrected chi connectivity index (χ0v) is 8.16. The van der Waals surface area contributed by atoms with Gasteiger partial charge in [0.25, 0.3) is 0 Å². The molecule has 0 unspecified atom stereocenters. The highest BCUT2D eigenvalue weighted by Gasteiger charge is 1.99. The van der Waals surface area contributed by atoms with E-state index in [1.54, 1.807) is 0 Å². The number of rotatable bonds is 6. The van der Waals surface area contributed by atoms with Crippen LogP contribution >= 0.6 is 7.92 Å². The molecule has 0 amide bonds. The zero-order valence-electron chi connectivity index (χ0n) is 7.27. The molecule has 0 spiro atoms. The summed E-state index contributed by atoms with van der Waals surface area (Å²) < 4.78 is 0. The van der Waals surface area contributed by atoms with E-state index >= 15 is 0 Å². The van der Waals surface area contributed by atoms with Crippen LogP contribution in [-0.4, -0.2) is 25.0 Å². The molecule has 0 bridgehead atoms. The second-order valence-electron chi connectivity index (χ2n) is 2.52. The van der Waals surface area contributed by atoms with Crippen molar-refractivity contribution in [2.24, 2.45) is 5.73 Å². The molecule has 0 rings (SSSR count). The molecule has 1 nitrogen and oxygen atoms in total. The van der Waals surface area contributed by atoms with Gasteiger partial charge in [-0.05, 0) is 37.9 Å². The van der Waals surface area contributed by atoms with Gasteiger partial charge in [0.15, 0.2) is 0 Å². The van der Waals surface area contributed by atoms with Crippen molar-refractivity contribution in [3.8, 4) is 0 Å². The van der Waals surface area contributed by atoms with Gasteiger partial charge in [0.05, 0.1) is 0 Å². The third-order valence-corrected chi connectivity index (χ3v) is 4.56. The fourth-order valence-electron chi connectivity index (χ4n) is 1.02. The van der Waals surface area contributed by atoms with Crippen LogP contribution in [0.1, 0.15) is 26.7 Å². The van der Waals surface area contributed by atoms with E-state index in [0.29, 0.717) is 7.92 Å². The molecule has 0 fully saturated rings.